The summed E-state index contributed by atoms with van der Waals surface area (Å²) in [5.74, 6) is -0.341. The van der Waals surface area contributed by atoms with Gasteiger partial charge in [-0.2, -0.15) is 0 Å². The first-order valence-corrected chi connectivity index (χ1v) is 7.73. The molecule has 0 unspecified atom stereocenters. The predicted molar refractivity (Wildman–Crippen MR) is 89.0 cm³/mol. The molecular weight excluding hydrogens is 363 g/mol. The second-order valence-electron chi connectivity index (χ2n) is 5.20. The maximum atomic E-state index is 13.3. The lowest BCUT2D eigenvalue weighted by atomic mass is 10.2. The van der Waals surface area contributed by atoms with Crippen molar-refractivity contribution in [2.75, 3.05) is 0 Å². The minimum absolute atomic E-state index is 0.231. The topological polar surface area (TPSA) is 48.0 Å². The Morgan fingerprint density at radius 2 is 2.04 bits per heavy atom. The van der Waals surface area contributed by atoms with Gasteiger partial charge in [-0.3, -0.25) is 9.36 Å². The Labute approximate surface area is 138 Å². The van der Waals surface area contributed by atoms with Crippen molar-refractivity contribution < 1.29 is 8.81 Å². The molecule has 6 heteroatoms. The van der Waals surface area contributed by atoms with E-state index in [4.69, 9.17) is 4.42 Å². The monoisotopic (exact) mass is 372 g/mol. The smallest absolute Gasteiger partial charge is 0.297 e. The number of nitrogens with zero attached hydrogens (tertiary/aromatic N) is 2. The summed E-state index contributed by atoms with van der Waals surface area (Å²) in [5, 5.41) is 0.816. The van der Waals surface area contributed by atoms with Gasteiger partial charge in [-0.25, -0.2) is 9.37 Å². The van der Waals surface area contributed by atoms with Gasteiger partial charge in [0.25, 0.3) is 5.56 Å². The molecule has 4 aromatic rings. The average Bonchev–Trinajstić information content (AvgIpc) is 2.93. The molecule has 23 heavy (non-hydrogen) atoms. The molecule has 0 saturated carbocycles. The van der Waals surface area contributed by atoms with Gasteiger partial charge in [0.05, 0.1) is 17.3 Å². The van der Waals surface area contributed by atoms with Gasteiger partial charge in [-0.15, -0.1) is 0 Å². The van der Waals surface area contributed by atoms with E-state index in [0.29, 0.717) is 15.6 Å². The maximum Gasteiger partial charge on any atom is 0.297 e. The van der Waals surface area contributed by atoms with Crippen molar-refractivity contribution in [3.63, 3.8) is 0 Å². The molecule has 0 amide bonds. The van der Waals surface area contributed by atoms with E-state index < -0.39 is 0 Å². The van der Waals surface area contributed by atoms with E-state index in [2.05, 4.69) is 20.9 Å². The average molecular weight is 373 g/mol. The molecule has 4 rings (SSSR count). The van der Waals surface area contributed by atoms with Crippen molar-refractivity contribution in [2.24, 2.45) is 0 Å². The number of halogens is 2. The van der Waals surface area contributed by atoms with Crippen molar-refractivity contribution in [2.45, 2.75) is 6.54 Å². The Balaban J connectivity index is 1.84. The molecule has 0 aliphatic carbocycles. The Morgan fingerprint density at radius 1 is 1.22 bits per heavy atom. The Kier molecular flexibility index (Phi) is 3.27. The van der Waals surface area contributed by atoms with E-state index >= 15 is 0 Å². The summed E-state index contributed by atoms with van der Waals surface area (Å²) in [4.78, 5) is 16.9. The van der Waals surface area contributed by atoms with Crippen molar-refractivity contribution in [3.05, 3.63) is 75.0 Å². The minimum Gasteiger partial charge on any atom is -0.448 e. The third-order valence-corrected chi connectivity index (χ3v) is 4.30. The summed E-state index contributed by atoms with van der Waals surface area (Å²) in [6, 6.07) is 12.0. The highest BCUT2D eigenvalue weighted by Crippen LogP contribution is 2.24. The lowest BCUT2D eigenvalue weighted by Crippen LogP contribution is -2.20. The molecule has 0 radical (unpaired) electrons. The van der Waals surface area contributed by atoms with E-state index in [1.807, 2.05) is 18.2 Å². The van der Waals surface area contributed by atoms with Crippen LogP contribution in [0.3, 0.4) is 0 Å². The fourth-order valence-corrected chi connectivity index (χ4v) is 2.99. The number of furan rings is 1. The van der Waals surface area contributed by atoms with Gasteiger partial charge in [0.15, 0.2) is 0 Å². The number of benzene rings is 2. The molecule has 2 heterocycles. The third kappa shape index (κ3) is 2.35. The summed E-state index contributed by atoms with van der Waals surface area (Å²) in [6.07, 6.45) is 1.49. The van der Waals surface area contributed by atoms with Crippen LogP contribution in [0.2, 0.25) is 0 Å². The first-order chi connectivity index (χ1) is 11.1. The number of para-hydroxylation sites is 1. The SMILES string of the molecule is O=c1c2oc3ccccc3c2ncn1Cc1ccc(F)c(Br)c1. The number of aromatic nitrogens is 2. The summed E-state index contributed by atoms with van der Waals surface area (Å²) in [7, 11) is 0. The molecule has 2 aromatic heterocycles. The zero-order chi connectivity index (χ0) is 16.0. The van der Waals surface area contributed by atoms with Crippen LogP contribution in [0.15, 0.2) is 62.5 Å². The van der Waals surface area contributed by atoms with Crippen LogP contribution in [0.1, 0.15) is 5.56 Å². The minimum atomic E-state index is -0.341. The zero-order valence-electron chi connectivity index (χ0n) is 11.8. The molecule has 0 atom stereocenters. The molecule has 0 bridgehead atoms. The first-order valence-electron chi connectivity index (χ1n) is 6.94. The van der Waals surface area contributed by atoms with E-state index in [1.165, 1.54) is 17.0 Å². The normalized spacial score (nSPS) is 11.4. The standard InChI is InChI=1S/C17H10BrFN2O2/c18-12-7-10(5-6-13(12)19)8-21-9-20-15-11-3-1-2-4-14(11)23-16(15)17(21)22/h1-7,9H,8H2. The fraction of sp³-hybridized carbons (Fsp3) is 0.0588. The number of fused-ring (bicyclic) bond motifs is 3. The second kappa shape index (κ2) is 5.31. The Morgan fingerprint density at radius 3 is 2.87 bits per heavy atom. The molecule has 0 spiro atoms. The van der Waals surface area contributed by atoms with Crippen LogP contribution < -0.4 is 5.56 Å². The van der Waals surface area contributed by atoms with E-state index in [1.54, 1.807) is 18.2 Å². The van der Waals surface area contributed by atoms with Crippen molar-refractivity contribution >= 4 is 38.0 Å². The third-order valence-electron chi connectivity index (χ3n) is 3.69. The van der Waals surface area contributed by atoms with Crippen LogP contribution in [-0.4, -0.2) is 9.55 Å². The van der Waals surface area contributed by atoms with Gasteiger partial charge in [-0.05, 0) is 45.8 Å². The van der Waals surface area contributed by atoms with Crippen molar-refractivity contribution in [1.82, 2.24) is 9.55 Å². The predicted octanol–water partition coefficient (Wildman–Crippen LogP) is 4.09. The molecular formula is C17H10BrFN2O2. The summed E-state index contributed by atoms with van der Waals surface area (Å²) in [6.45, 7) is 0.289. The molecule has 4 nitrogen and oxygen atoms in total. The van der Waals surface area contributed by atoms with Crippen LogP contribution in [0.25, 0.3) is 22.1 Å². The van der Waals surface area contributed by atoms with Gasteiger partial charge in [-0.1, -0.05) is 18.2 Å². The van der Waals surface area contributed by atoms with E-state index in [0.717, 1.165) is 10.9 Å². The molecule has 2 aromatic carbocycles. The van der Waals surface area contributed by atoms with Gasteiger partial charge in [0, 0.05) is 5.39 Å². The van der Waals surface area contributed by atoms with Crippen LogP contribution in [0.4, 0.5) is 4.39 Å². The second-order valence-corrected chi connectivity index (χ2v) is 6.06. The Bertz CT molecular complexity index is 1100. The maximum absolute atomic E-state index is 13.3. The van der Waals surface area contributed by atoms with Gasteiger partial charge in [0.1, 0.15) is 16.9 Å². The van der Waals surface area contributed by atoms with E-state index in [9.17, 15) is 9.18 Å². The van der Waals surface area contributed by atoms with Crippen molar-refractivity contribution in [1.29, 1.82) is 0 Å². The largest absolute Gasteiger partial charge is 0.448 e. The highest BCUT2D eigenvalue weighted by atomic mass is 79.9. The number of hydrogen-bond donors (Lipinski definition) is 0. The molecule has 114 valence electrons. The lowest BCUT2D eigenvalue weighted by Gasteiger charge is -2.06. The zero-order valence-corrected chi connectivity index (χ0v) is 13.4. The van der Waals surface area contributed by atoms with Crippen molar-refractivity contribution in [3.8, 4) is 0 Å². The van der Waals surface area contributed by atoms with Crippen LogP contribution >= 0.6 is 15.9 Å². The van der Waals surface area contributed by atoms with Crippen LogP contribution in [0, 0.1) is 5.82 Å². The number of hydrogen-bond acceptors (Lipinski definition) is 3. The van der Waals surface area contributed by atoms with Gasteiger partial charge < -0.3 is 4.42 Å². The molecule has 0 fully saturated rings. The fourth-order valence-electron chi connectivity index (χ4n) is 2.56. The highest BCUT2D eigenvalue weighted by Gasteiger charge is 2.13. The van der Waals surface area contributed by atoms with Crippen LogP contribution in [0.5, 0.6) is 0 Å². The van der Waals surface area contributed by atoms with E-state index in [-0.39, 0.29) is 23.5 Å². The molecule has 0 saturated heterocycles. The summed E-state index contributed by atoms with van der Waals surface area (Å²) in [5.41, 5.74) is 1.95. The molecule has 0 N–H and O–H groups in total. The van der Waals surface area contributed by atoms with Crippen LogP contribution in [-0.2, 0) is 6.54 Å². The Hall–Kier alpha value is -2.47. The van der Waals surface area contributed by atoms with Gasteiger partial charge in [0.2, 0.25) is 5.58 Å². The summed E-state index contributed by atoms with van der Waals surface area (Å²) >= 11 is 3.14. The quantitative estimate of drug-likeness (QED) is 0.532. The molecule has 0 aliphatic rings. The first kappa shape index (κ1) is 14.1. The highest BCUT2D eigenvalue weighted by molar-refractivity contribution is 9.10. The molecule has 0 aliphatic heterocycles. The van der Waals surface area contributed by atoms with Gasteiger partial charge >= 0.3 is 0 Å². The summed E-state index contributed by atoms with van der Waals surface area (Å²) < 4.78 is 20.8. The number of rotatable bonds is 2. The lowest BCUT2D eigenvalue weighted by molar-refractivity contribution is 0.618.